The number of rotatable bonds is 14. The first-order chi connectivity index (χ1) is 26.7. The Bertz CT molecular complexity index is 2280. The molecule has 1 aliphatic rings. The van der Waals surface area contributed by atoms with E-state index in [2.05, 4.69) is 47.0 Å². The molecule has 1 aliphatic heterocycles. The fraction of sp³-hybridized carbons (Fsp3) is 0.268. The average molecular weight is 809 g/mol. The molecule has 0 radical (unpaired) electrons. The predicted molar refractivity (Wildman–Crippen MR) is 222 cm³/mol. The molecule has 56 heavy (non-hydrogen) atoms. The maximum Gasteiger partial charge on any atom is 0.335 e. The number of halogens is 1. The van der Waals surface area contributed by atoms with Crippen molar-refractivity contribution in [1.29, 1.82) is 0 Å². The number of aryl methyl sites for hydroxylation is 1. The molecule has 6 rings (SSSR count). The number of hydrogen-bond acceptors (Lipinski definition) is 8. The lowest BCUT2D eigenvalue weighted by atomic mass is 10.00. The summed E-state index contributed by atoms with van der Waals surface area (Å²) in [5.41, 5.74) is 3.94. The van der Waals surface area contributed by atoms with Gasteiger partial charge in [0.15, 0.2) is 5.82 Å². The van der Waals surface area contributed by atoms with E-state index < -0.39 is 28.6 Å². The summed E-state index contributed by atoms with van der Waals surface area (Å²) < 4.78 is 14.3. The van der Waals surface area contributed by atoms with Gasteiger partial charge in [-0.1, -0.05) is 48.0 Å². The van der Waals surface area contributed by atoms with Crippen molar-refractivity contribution in [2.24, 2.45) is 4.99 Å². The first-order valence-electron chi connectivity index (χ1n) is 18.3. The number of fused-ring (bicyclic) bond motifs is 3. The molecule has 1 unspecified atom stereocenters. The Labute approximate surface area is 333 Å². The molecule has 0 saturated heterocycles. The molecule has 2 amide bonds. The minimum absolute atomic E-state index is 0.0408. The van der Waals surface area contributed by atoms with E-state index >= 15 is 0 Å². The van der Waals surface area contributed by atoms with Crippen LogP contribution in [-0.2, 0) is 8.91 Å². The Kier molecular flexibility index (Phi) is 12.0. The lowest BCUT2D eigenvalue weighted by Crippen LogP contribution is -2.57. The molecule has 4 aromatic carbocycles. The summed E-state index contributed by atoms with van der Waals surface area (Å²) >= 11 is 6.22. The topological polar surface area (TPSA) is 157 Å². The first kappa shape index (κ1) is 40.3. The normalized spacial score (nSPS) is 13.8. The van der Waals surface area contributed by atoms with Gasteiger partial charge in [-0.25, -0.2) is 4.79 Å². The summed E-state index contributed by atoms with van der Waals surface area (Å²) in [6.45, 7) is 11.1. The van der Waals surface area contributed by atoms with Crippen LogP contribution in [0.25, 0.3) is 5.69 Å². The Hall–Kier alpha value is -5.42. The number of methoxy groups -OCH3 is 1. The quantitative estimate of drug-likeness (QED) is 0.0954. The number of benzene rings is 4. The number of carbonyl (C=O) groups excluding carboxylic acids is 2. The molecule has 290 valence electrons. The van der Waals surface area contributed by atoms with Crippen molar-refractivity contribution < 1.29 is 28.3 Å². The summed E-state index contributed by atoms with van der Waals surface area (Å²) in [6, 6.07) is 27.0. The fourth-order valence-corrected chi connectivity index (χ4v) is 14.9. The van der Waals surface area contributed by atoms with Gasteiger partial charge < -0.3 is 24.6 Å². The van der Waals surface area contributed by atoms with E-state index in [0.717, 1.165) is 27.2 Å². The number of amides is 2. The fourth-order valence-electron chi connectivity index (χ4n) is 6.84. The van der Waals surface area contributed by atoms with Crippen LogP contribution in [0.3, 0.4) is 0 Å². The number of aliphatic imine (C=N–C) groups is 1. The number of hydrogen-bond donors (Lipinski definition) is 3. The molecule has 0 fully saturated rings. The molecule has 15 heteroatoms. The van der Waals surface area contributed by atoms with E-state index in [-0.39, 0.29) is 23.8 Å². The first-order valence-corrected chi connectivity index (χ1v) is 24.5. The molecule has 1 aromatic heterocycles. The summed E-state index contributed by atoms with van der Waals surface area (Å²) in [6.07, 6.45) is 0.570. The number of aromatic carboxylic acids is 1. The van der Waals surface area contributed by atoms with Crippen molar-refractivity contribution in [3.05, 3.63) is 130 Å². The Morgan fingerprint density at radius 2 is 1.43 bits per heavy atom. The highest BCUT2D eigenvalue weighted by Gasteiger charge is 2.36. The van der Waals surface area contributed by atoms with Crippen LogP contribution in [0.2, 0.25) is 31.2 Å². The van der Waals surface area contributed by atoms with Crippen LogP contribution in [0.1, 0.15) is 62.4 Å². The smallest absolute Gasteiger partial charge is 0.335 e. The third kappa shape index (κ3) is 9.00. The standard InChI is InChI=1S/C41H45ClN6O6Si2/c1-26-46-47-39-35(45-38(27-8-14-30(42)15-9-27)34-24-31(53-2)16-21-36(34)48(26)39)25-37(49)43-22-7-23-44-40(50)28-10-17-32(18-11-28)55(3,4)54-56(5,6)33-19-12-29(13-20-33)41(51)52/h8-21,24,35H,7,22-23,25H2,1-6H3,(H,43,49)(H,44,50)(H,51,52). The number of nitrogens with one attached hydrogen (secondary N) is 2. The van der Waals surface area contributed by atoms with Crippen molar-refractivity contribution in [2.45, 2.75) is 52.0 Å². The van der Waals surface area contributed by atoms with Gasteiger partial charge in [-0.2, -0.15) is 0 Å². The second-order valence-electron chi connectivity index (χ2n) is 14.6. The Morgan fingerprint density at radius 3 is 2.04 bits per heavy atom. The van der Waals surface area contributed by atoms with Crippen LogP contribution in [0, 0.1) is 6.92 Å². The third-order valence-corrected chi connectivity index (χ3v) is 17.6. The molecule has 2 heterocycles. The van der Waals surface area contributed by atoms with E-state index in [1.54, 1.807) is 43.5 Å². The van der Waals surface area contributed by atoms with E-state index in [1.807, 2.05) is 66.1 Å². The van der Waals surface area contributed by atoms with Gasteiger partial charge in [0.25, 0.3) is 5.91 Å². The summed E-state index contributed by atoms with van der Waals surface area (Å²) in [5.74, 6) is 0.526. The monoisotopic (exact) mass is 808 g/mol. The Balaban J connectivity index is 1.04. The van der Waals surface area contributed by atoms with Crippen LogP contribution < -0.4 is 25.7 Å². The molecule has 0 spiro atoms. The maximum absolute atomic E-state index is 13.3. The zero-order valence-electron chi connectivity index (χ0n) is 32.2. The number of nitrogens with zero attached hydrogens (tertiary/aromatic N) is 4. The Morgan fingerprint density at radius 1 is 0.821 bits per heavy atom. The van der Waals surface area contributed by atoms with Crippen molar-refractivity contribution in [2.75, 3.05) is 20.2 Å². The van der Waals surface area contributed by atoms with Gasteiger partial charge in [0, 0.05) is 34.8 Å². The molecular formula is C41H45ClN6O6Si2. The lowest BCUT2D eigenvalue weighted by molar-refractivity contribution is -0.121. The summed E-state index contributed by atoms with van der Waals surface area (Å²) in [4.78, 5) is 42.7. The predicted octanol–water partition coefficient (Wildman–Crippen LogP) is 5.70. The number of aromatic nitrogens is 3. The van der Waals surface area contributed by atoms with Crippen molar-refractivity contribution in [3.8, 4) is 11.4 Å². The highest BCUT2D eigenvalue weighted by molar-refractivity contribution is 6.96. The van der Waals surface area contributed by atoms with Crippen molar-refractivity contribution in [1.82, 2.24) is 25.4 Å². The minimum atomic E-state index is -2.37. The van der Waals surface area contributed by atoms with Crippen LogP contribution in [0.4, 0.5) is 0 Å². The largest absolute Gasteiger partial charge is 0.497 e. The van der Waals surface area contributed by atoms with Crippen LogP contribution in [-0.4, -0.2) is 80.2 Å². The van der Waals surface area contributed by atoms with E-state index in [4.69, 9.17) is 25.4 Å². The number of ether oxygens (including phenoxy) is 1. The SMILES string of the molecule is COc1ccc2c(c1)C(c1ccc(Cl)cc1)=NC(CC(=O)NCCCNC(=O)c1ccc([Si](C)(C)O[Si](C)(C)c3ccc(C(=O)O)cc3)cc1)c1nnc(C)n1-2. The van der Waals surface area contributed by atoms with Gasteiger partial charge >= 0.3 is 5.97 Å². The van der Waals surface area contributed by atoms with Gasteiger partial charge in [-0.05, 0) is 105 Å². The van der Waals surface area contributed by atoms with Crippen molar-refractivity contribution in [3.63, 3.8) is 0 Å². The van der Waals surface area contributed by atoms with Gasteiger partial charge in [-0.3, -0.25) is 19.1 Å². The van der Waals surface area contributed by atoms with Crippen LogP contribution in [0.15, 0.2) is 96.0 Å². The van der Waals surface area contributed by atoms with Crippen LogP contribution >= 0.6 is 11.6 Å². The van der Waals surface area contributed by atoms with Gasteiger partial charge in [0.05, 0.1) is 30.5 Å². The summed E-state index contributed by atoms with van der Waals surface area (Å²) in [5, 5.41) is 26.6. The second-order valence-corrected chi connectivity index (χ2v) is 23.0. The zero-order chi connectivity index (χ0) is 40.2. The van der Waals surface area contributed by atoms with E-state index in [1.165, 1.54) is 0 Å². The number of carbonyl (C=O) groups is 3. The number of carboxylic acid groups (broad SMARTS) is 1. The molecule has 0 aliphatic carbocycles. The molecule has 1 atom stereocenters. The number of carboxylic acids is 1. The molecule has 3 N–H and O–H groups in total. The third-order valence-electron chi connectivity index (χ3n) is 9.77. The van der Waals surface area contributed by atoms with Gasteiger partial charge in [0.2, 0.25) is 22.5 Å². The zero-order valence-corrected chi connectivity index (χ0v) is 35.0. The average Bonchev–Trinajstić information content (AvgIpc) is 3.50. The van der Waals surface area contributed by atoms with Crippen LogP contribution in [0.5, 0.6) is 5.75 Å². The van der Waals surface area contributed by atoms with Gasteiger partial charge in [-0.15, -0.1) is 10.2 Å². The molecule has 0 bridgehead atoms. The molecular weight excluding hydrogens is 764 g/mol. The summed E-state index contributed by atoms with van der Waals surface area (Å²) in [7, 11) is -3.11. The molecule has 0 saturated carbocycles. The molecule has 5 aromatic rings. The maximum atomic E-state index is 13.3. The highest BCUT2D eigenvalue weighted by atomic mass is 35.5. The second kappa shape index (κ2) is 16.8. The minimum Gasteiger partial charge on any atom is -0.497 e. The van der Waals surface area contributed by atoms with E-state index in [9.17, 15) is 19.5 Å². The molecule has 12 nitrogen and oxygen atoms in total. The lowest BCUT2D eigenvalue weighted by Gasteiger charge is -2.34. The van der Waals surface area contributed by atoms with Crippen molar-refractivity contribution >= 4 is 62.1 Å². The highest BCUT2D eigenvalue weighted by Crippen LogP contribution is 2.34. The van der Waals surface area contributed by atoms with Gasteiger partial charge in [0.1, 0.15) is 17.6 Å². The van der Waals surface area contributed by atoms with E-state index in [0.29, 0.717) is 53.2 Å².